The molecular weight excluding hydrogens is 344 g/mol. The first-order valence-electron chi connectivity index (χ1n) is 9.42. The number of rotatable bonds is 5. The molecule has 0 heterocycles. The van der Waals surface area contributed by atoms with Gasteiger partial charge in [-0.15, -0.1) is 0 Å². The van der Waals surface area contributed by atoms with Gasteiger partial charge in [0.2, 0.25) is 0 Å². The molecule has 5 heteroatoms. The molecule has 0 saturated carbocycles. The second kappa shape index (κ2) is 6.29. The van der Waals surface area contributed by atoms with E-state index in [0.717, 1.165) is 18.4 Å². The van der Waals surface area contributed by atoms with E-state index in [1.165, 1.54) is 0 Å². The van der Waals surface area contributed by atoms with E-state index in [-0.39, 0.29) is 10.8 Å². The third-order valence-electron chi connectivity index (χ3n) is 6.21. The summed E-state index contributed by atoms with van der Waals surface area (Å²) < 4.78 is 13.2. The van der Waals surface area contributed by atoms with Gasteiger partial charge in [-0.1, -0.05) is 26.8 Å². The van der Waals surface area contributed by atoms with E-state index in [9.17, 15) is 4.79 Å². The van der Waals surface area contributed by atoms with E-state index in [1.807, 2.05) is 6.08 Å². The van der Waals surface area contributed by atoms with Gasteiger partial charge in [0.25, 0.3) is 0 Å². The molecular formula is C20H36O3Si2. The van der Waals surface area contributed by atoms with E-state index in [1.54, 1.807) is 6.08 Å². The molecule has 0 aromatic rings. The first kappa shape index (κ1) is 20.8. The minimum absolute atomic E-state index is 0.166. The predicted molar refractivity (Wildman–Crippen MR) is 110 cm³/mol. The first-order chi connectivity index (χ1) is 11.1. The molecule has 0 unspecified atom stereocenters. The third-order valence-corrected chi connectivity index (χ3v) is 11.6. The Kier molecular flexibility index (Phi) is 5.24. The molecule has 2 aliphatic carbocycles. The number of carbonyl (C=O) groups is 1. The highest BCUT2D eigenvalue weighted by atomic mass is 28.4. The van der Waals surface area contributed by atoms with Crippen LogP contribution in [-0.2, 0) is 13.6 Å². The molecule has 0 spiro atoms. The monoisotopic (exact) mass is 380 g/mol. The smallest absolute Gasteiger partial charge is 0.192 e. The van der Waals surface area contributed by atoms with Crippen LogP contribution in [0.5, 0.6) is 0 Å². The highest BCUT2D eigenvalue weighted by Crippen LogP contribution is 2.53. The van der Waals surface area contributed by atoms with Gasteiger partial charge in [-0.05, 0) is 75.3 Å². The van der Waals surface area contributed by atoms with Crippen molar-refractivity contribution in [2.24, 2.45) is 5.41 Å². The van der Waals surface area contributed by atoms with Gasteiger partial charge < -0.3 is 8.85 Å². The molecule has 0 amide bonds. The maximum atomic E-state index is 12.7. The van der Waals surface area contributed by atoms with Crippen LogP contribution in [0.2, 0.25) is 37.8 Å². The fourth-order valence-electron chi connectivity index (χ4n) is 3.54. The van der Waals surface area contributed by atoms with E-state index < -0.39 is 27.7 Å². The summed E-state index contributed by atoms with van der Waals surface area (Å²) in [6.45, 7) is 20.5. The van der Waals surface area contributed by atoms with Gasteiger partial charge in [0, 0.05) is 0 Å². The molecule has 0 radical (unpaired) electrons. The third kappa shape index (κ3) is 3.66. The lowest BCUT2D eigenvalue weighted by Crippen LogP contribution is -2.56. The quantitative estimate of drug-likeness (QED) is 0.469. The molecule has 0 aliphatic heterocycles. The number of ketones is 1. The summed E-state index contributed by atoms with van der Waals surface area (Å²) in [6.07, 6.45) is 7.78. The zero-order chi connectivity index (χ0) is 19.3. The average Bonchev–Trinajstić information content (AvgIpc) is 2.67. The minimum atomic E-state index is -1.86. The van der Waals surface area contributed by atoms with Crippen molar-refractivity contribution in [3.63, 3.8) is 0 Å². The second-order valence-corrected chi connectivity index (χ2v) is 19.5. The largest absolute Gasteiger partial charge is 0.413 e. The fraction of sp³-hybridized carbons (Fsp3) is 0.750. The van der Waals surface area contributed by atoms with Crippen molar-refractivity contribution in [3.8, 4) is 0 Å². The van der Waals surface area contributed by atoms with Crippen molar-refractivity contribution >= 4 is 22.4 Å². The van der Waals surface area contributed by atoms with Crippen molar-refractivity contribution < 1.29 is 13.6 Å². The number of allylic oxidation sites excluding steroid dienone is 2. The lowest BCUT2D eigenvalue weighted by atomic mass is 9.65. The lowest BCUT2D eigenvalue weighted by Gasteiger charge is -2.50. The van der Waals surface area contributed by atoms with E-state index in [2.05, 4.69) is 66.5 Å². The summed E-state index contributed by atoms with van der Waals surface area (Å²) >= 11 is 0. The average molecular weight is 381 g/mol. The van der Waals surface area contributed by atoms with Gasteiger partial charge in [-0.2, -0.15) is 0 Å². The summed E-state index contributed by atoms with van der Waals surface area (Å²) in [7, 11) is -3.72. The first-order valence-corrected chi connectivity index (χ1v) is 15.7. The number of carbonyl (C=O) groups excluding carboxylic acids is 1. The van der Waals surface area contributed by atoms with Crippen LogP contribution in [-0.4, -0.2) is 34.6 Å². The Balaban J connectivity index is 2.38. The van der Waals surface area contributed by atoms with Gasteiger partial charge >= 0.3 is 0 Å². The van der Waals surface area contributed by atoms with Crippen LogP contribution in [0.1, 0.15) is 40.5 Å². The van der Waals surface area contributed by atoms with Crippen molar-refractivity contribution in [3.05, 3.63) is 23.8 Å². The summed E-state index contributed by atoms with van der Waals surface area (Å²) in [4.78, 5) is 12.7. The Labute approximate surface area is 156 Å². The van der Waals surface area contributed by atoms with Crippen LogP contribution < -0.4 is 0 Å². The molecule has 2 aliphatic rings. The molecule has 2 atom stereocenters. The highest BCUT2D eigenvalue weighted by Gasteiger charge is 2.59. The number of fused-ring (bicyclic) bond motifs is 1. The van der Waals surface area contributed by atoms with Gasteiger partial charge in [-0.25, -0.2) is 0 Å². The van der Waals surface area contributed by atoms with Gasteiger partial charge in [0.05, 0.1) is 12.0 Å². The highest BCUT2D eigenvalue weighted by molar-refractivity contribution is 6.74. The molecule has 0 aromatic carbocycles. The Bertz CT molecular complexity index is 607. The normalized spacial score (nSPS) is 30.4. The maximum absolute atomic E-state index is 12.7. The summed E-state index contributed by atoms with van der Waals surface area (Å²) in [6, 6.07) is 0. The van der Waals surface area contributed by atoms with Crippen LogP contribution >= 0.6 is 0 Å². The zero-order valence-corrected chi connectivity index (χ0v) is 19.6. The van der Waals surface area contributed by atoms with E-state index in [0.29, 0.717) is 6.61 Å². The van der Waals surface area contributed by atoms with Crippen LogP contribution in [0.3, 0.4) is 0 Å². The molecule has 142 valence electrons. The predicted octanol–water partition coefficient (Wildman–Crippen LogP) is 5.46. The standard InChI is InChI=1S/C20H36O3Si2/c1-18(2,3)25(8,9)22-15-16-11-10-13-19(4)17(21)12-14-20(16,19)23-24(5,6)7/h11-12,14H,10,13,15H2,1-9H3/t19-,20+/m0/s1. The van der Waals surface area contributed by atoms with Gasteiger partial charge in [0.15, 0.2) is 22.4 Å². The fourth-order valence-corrected chi connectivity index (χ4v) is 5.88. The van der Waals surface area contributed by atoms with Crippen molar-refractivity contribution in [2.45, 2.75) is 83.9 Å². The summed E-state index contributed by atoms with van der Waals surface area (Å²) in [5.41, 5.74) is 0.0409. The minimum Gasteiger partial charge on any atom is -0.413 e. The second-order valence-electron chi connectivity index (χ2n) is 10.3. The molecule has 25 heavy (non-hydrogen) atoms. The van der Waals surface area contributed by atoms with Crippen LogP contribution in [0.4, 0.5) is 0 Å². The Morgan fingerprint density at radius 2 is 1.76 bits per heavy atom. The number of hydrogen-bond acceptors (Lipinski definition) is 3. The van der Waals surface area contributed by atoms with Crippen molar-refractivity contribution in [1.29, 1.82) is 0 Å². The summed E-state index contributed by atoms with van der Waals surface area (Å²) in [5.74, 6) is 0.198. The maximum Gasteiger partial charge on any atom is 0.192 e. The van der Waals surface area contributed by atoms with Crippen LogP contribution in [0.25, 0.3) is 0 Å². The number of hydrogen-bond donors (Lipinski definition) is 0. The topological polar surface area (TPSA) is 35.5 Å². The molecule has 0 N–H and O–H groups in total. The zero-order valence-electron chi connectivity index (χ0n) is 17.6. The molecule has 0 bridgehead atoms. The molecule has 3 nitrogen and oxygen atoms in total. The lowest BCUT2D eigenvalue weighted by molar-refractivity contribution is -0.130. The Morgan fingerprint density at radius 1 is 1.16 bits per heavy atom. The van der Waals surface area contributed by atoms with E-state index >= 15 is 0 Å². The van der Waals surface area contributed by atoms with Gasteiger partial charge in [0.1, 0.15) is 5.60 Å². The Hall–Kier alpha value is -0.496. The van der Waals surface area contributed by atoms with Crippen LogP contribution in [0.15, 0.2) is 23.8 Å². The molecule has 0 aromatic heterocycles. The molecule has 0 fully saturated rings. The molecule has 0 saturated heterocycles. The Morgan fingerprint density at radius 3 is 2.28 bits per heavy atom. The van der Waals surface area contributed by atoms with Crippen molar-refractivity contribution in [2.75, 3.05) is 6.61 Å². The van der Waals surface area contributed by atoms with E-state index in [4.69, 9.17) is 8.85 Å². The van der Waals surface area contributed by atoms with Crippen molar-refractivity contribution in [1.82, 2.24) is 0 Å². The SMILES string of the molecule is CC(C)(C)[Si](C)(C)OCC1=CCC[C@@]2(C)C(=O)C=C[C@@]12O[Si](C)(C)C. The molecule has 2 rings (SSSR count). The van der Waals surface area contributed by atoms with Gasteiger partial charge in [-0.3, -0.25) is 4.79 Å². The van der Waals surface area contributed by atoms with Crippen LogP contribution in [0, 0.1) is 5.41 Å². The summed E-state index contributed by atoms with van der Waals surface area (Å²) in [5, 5.41) is 0.166.